The molecule has 1 aromatic carbocycles. The summed E-state index contributed by atoms with van der Waals surface area (Å²) in [4.78, 5) is 12.0. The van der Waals surface area contributed by atoms with Gasteiger partial charge >= 0.3 is 5.69 Å². The summed E-state index contributed by atoms with van der Waals surface area (Å²) < 4.78 is 4.30. The topological polar surface area (TPSA) is 52.9 Å². The minimum absolute atomic E-state index is 0.0146. The zero-order valence-electron chi connectivity index (χ0n) is 12.5. The van der Waals surface area contributed by atoms with Gasteiger partial charge in [0.1, 0.15) is 0 Å². The average molecular weight is 340 g/mol. The molecule has 0 saturated heterocycles. The second-order valence-corrected chi connectivity index (χ2v) is 6.41. The van der Waals surface area contributed by atoms with Gasteiger partial charge in [-0.2, -0.15) is 0 Å². The summed E-state index contributed by atoms with van der Waals surface area (Å²) in [7, 11) is 3.58. The van der Waals surface area contributed by atoms with E-state index in [4.69, 9.17) is 5.73 Å². The van der Waals surface area contributed by atoms with Crippen LogP contribution in [0.2, 0.25) is 0 Å². The molecule has 0 amide bonds. The zero-order chi connectivity index (χ0) is 15.0. The minimum atomic E-state index is -0.0240. The van der Waals surface area contributed by atoms with E-state index in [1.54, 1.807) is 23.2 Å². The number of hydrogen-bond acceptors (Lipinski definition) is 2. The number of nitrogens with two attached hydrogens (primary N) is 1. The third kappa shape index (κ3) is 2.44. The van der Waals surface area contributed by atoms with Gasteiger partial charge in [0, 0.05) is 24.6 Å². The van der Waals surface area contributed by atoms with Crippen LogP contribution in [0.15, 0.2) is 21.4 Å². The molecule has 2 rings (SSSR count). The summed E-state index contributed by atoms with van der Waals surface area (Å²) in [5.74, 6) is 0.412. The van der Waals surface area contributed by atoms with E-state index in [1.165, 1.54) is 0 Å². The molecule has 2 atom stereocenters. The Morgan fingerprint density at radius 2 is 1.80 bits per heavy atom. The summed E-state index contributed by atoms with van der Waals surface area (Å²) in [5.41, 5.74) is 9.29. The summed E-state index contributed by atoms with van der Waals surface area (Å²) in [6.07, 6.45) is 2.22. The SMILES string of the molecule is CCCC(C)C(N)c1cc2c(cc1Br)n(C)c(=O)n2C. The largest absolute Gasteiger partial charge is 0.328 e. The molecule has 0 aliphatic rings. The predicted octanol–water partition coefficient (Wildman–Crippen LogP) is 3.08. The molecule has 2 aromatic rings. The van der Waals surface area contributed by atoms with Crippen molar-refractivity contribution in [3.8, 4) is 0 Å². The lowest BCUT2D eigenvalue weighted by atomic mass is 9.91. The van der Waals surface area contributed by atoms with Crippen LogP contribution in [0.4, 0.5) is 0 Å². The Morgan fingerprint density at radius 1 is 1.25 bits per heavy atom. The van der Waals surface area contributed by atoms with Gasteiger partial charge in [0.05, 0.1) is 11.0 Å². The van der Waals surface area contributed by atoms with Crippen molar-refractivity contribution in [1.29, 1.82) is 0 Å². The Hall–Kier alpha value is -1.07. The molecule has 0 saturated carbocycles. The van der Waals surface area contributed by atoms with Crippen LogP contribution in [0.3, 0.4) is 0 Å². The molecule has 0 bridgehead atoms. The molecule has 0 radical (unpaired) electrons. The van der Waals surface area contributed by atoms with Crippen LogP contribution in [0.25, 0.3) is 11.0 Å². The highest BCUT2D eigenvalue weighted by atomic mass is 79.9. The van der Waals surface area contributed by atoms with E-state index in [0.29, 0.717) is 5.92 Å². The average Bonchev–Trinajstić information content (AvgIpc) is 2.62. The van der Waals surface area contributed by atoms with E-state index in [9.17, 15) is 4.79 Å². The fourth-order valence-electron chi connectivity index (χ4n) is 2.73. The van der Waals surface area contributed by atoms with Crippen molar-refractivity contribution in [2.45, 2.75) is 32.7 Å². The lowest BCUT2D eigenvalue weighted by Crippen LogP contribution is -2.20. The van der Waals surface area contributed by atoms with Gasteiger partial charge in [-0.1, -0.05) is 36.2 Å². The van der Waals surface area contributed by atoms with Crippen molar-refractivity contribution in [3.05, 3.63) is 32.7 Å². The Labute approximate surface area is 127 Å². The van der Waals surface area contributed by atoms with Crippen molar-refractivity contribution in [2.75, 3.05) is 0 Å². The van der Waals surface area contributed by atoms with Crippen LogP contribution < -0.4 is 11.4 Å². The number of imidazole rings is 1. The first-order valence-corrected chi connectivity index (χ1v) is 7.78. The lowest BCUT2D eigenvalue weighted by Gasteiger charge is -2.21. The Morgan fingerprint density at radius 3 is 2.35 bits per heavy atom. The van der Waals surface area contributed by atoms with Gasteiger partial charge in [0.15, 0.2) is 0 Å². The predicted molar refractivity (Wildman–Crippen MR) is 86.9 cm³/mol. The third-order valence-corrected chi connectivity index (χ3v) is 4.79. The van der Waals surface area contributed by atoms with E-state index >= 15 is 0 Å². The smallest absolute Gasteiger partial charge is 0.324 e. The maximum Gasteiger partial charge on any atom is 0.328 e. The number of rotatable bonds is 4. The molecule has 1 heterocycles. The second-order valence-electron chi connectivity index (χ2n) is 5.55. The van der Waals surface area contributed by atoms with Crippen LogP contribution in [-0.2, 0) is 14.1 Å². The summed E-state index contributed by atoms with van der Waals surface area (Å²) in [6.45, 7) is 4.34. The molecule has 5 heteroatoms. The highest BCUT2D eigenvalue weighted by Gasteiger charge is 2.19. The van der Waals surface area contributed by atoms with Gasteiger partial charge < -0.3 is 5.73 Å². The van der Waals surface area contributed by atoms with Crippen molar-refractivity contribution < 1.29 is 0 Å². The lowest BCUT2D eigenvalue weighted by molar-refractivity contribution is 0.433. The number of aromatic nitrogens is 2. The summed E-state index contributed by atoms with van der Waals surface area (Å²) >= 11 is 3.60. The van der Waals surface area contributed by atoms with E-state index in [-0.39, 0.29) is 11.7 Å². The molecule has 2 N–H and O–H groups in total. The number of nitrogens with zero attached hydrogens (tertiary/aromatic N) is 2. The zero-order valence-corrected chi connectivity index (χ0v) is 14.1. The Kier molecular flexibility index (Phi) is 4.39. The molecule has 1 aromatic heterocycles. The Balaban J connectivity index is 2.58. The van der Waals surface area contributed by atoms with Crippen molar-refractivity contribution in [2.24, 2.45) is 25.7 Å². The minimum Gasteiger partial charge on any atom is -0.324 e. The molecule has 0 aliphatic heterocycles. The monoisotopic (exact) mass is 339 g/mol. The molecule has 0 aliphatic carbocycles. The first-order chi connectivity index (χ1) is 9.38. The van der Waals surface area contributed by atoms with E-state index in [0.717, 1.165) is 33.9 Å². The van der Waals surface area contributed by atoms with Crippen molar-refractivity contribution in [1.82, 2.24) is 9.13 Å². The van der Waals surface area contributed by atoms with Crippen LogP contribution >= 0.6 is 15.9 Å². The summed E-state index contributed by atoms with van der Waals surface area (Å²) in [5, 5.41) is 0. The normalized spacial score (nSPS) is 14.7. The highest BCUT2D eigenvalue weighted by molar-refractivity contribution is 9.10. The first-order valence-electron chi connectivity index (χ1n) is 6.98. The van der Waals surface area contributed by atoms with E-state index in [2.05, 4.69) is 29.8 Å². The molecular formula is C15H22BrN3O. The van der Waals surface area contributed by atoms with Gasteiger partial charge in [-0.25, -0.2) is 4.79 Å². The van der Waals surface area contributed by atoms with E-state index < -0.39 is 0 Å². The number of hydrogen-bond donors (Lipinski definition) is 1. The Bertz CT molecular complexity index is 686. The quantitative estimate of drug-likeness (QED) is 0.930. The molecule has 0 spiro atoms. The standard InChI is InChI=1S/C15H22BrN3O/c1-5-6-9(2)14(17)10-7-12-13(8-11(10)16)19(4)15(20)18(12)3/h7-9,14H,5-6,17H2,1-4H3. The second kappa shape index (κ2) is 5.74. The van der Waals surface area contributed by atoms with Crippen LogP contribution in [0.5, 0.6) is 0 Å². The number of aryl methyl sites for hydroxylation is 2. The maximum atomic E-state index is 12.0. The van der Waals surface area contributed by atoms with Crippen molar-refractivity contribution >= 4 is 27.0 Å². The maximum absolute atomic E-state index is 12.0. The first kappa shape index (κ1) is 15.3. The van der Waals surface area contributed by atoms with Gasteiger partial charge in [-0.05, 0) is 30.0 Å². The van der Waals surface area contributed by atoms with Gasteiger partial charge in [-0.3, -0.25) is 9.13 Å². The number of benzene rings is 1. The fraction of sp³-hybridized carbons (Fsp3) is 0.533. The van der Waals surface area contributed by atoms with Gasteiger partial charge in [0.25, 0.3) is 0 Å². The summed E-state index contributed by atoms with van der Waals surface area (Å²) in [6, 6.07) is 4.01. The van der Waals surface area contributed by atoms with E-state index in [1.807, 2.05) is 12.1 Å². The number of halogens is 1. The fourth-order valence-corrected chi connectivity index (χ4v) is 3.33. The van der Waals surface area contributed by atoms with Crippen LogP contribution in [-0.4, -0.2) is 9.13 Å². The molecule has 2 unspecified atom stereocenters. The molecule has 4 nitrogen and oxygen atoms in total. The molecule has 110 valence electrons. The van der Waals surface area contributed by atoms with Gasteiger partial charge in [-0.15, -0.1) is 0 Å². The molecule has 20 heavy (non-hydrogen) atoms. The van der Waals surface area contributed by atoms with Gasteiger partial charge in [0.2, 0.25) is 0 Å². The molecular weight excluding hydrogens is 318 g/mol. The van der Waals surface area contributed by atoms with Crippen molar-refractivity contribution in [3.63, 3.8) is 0 Å². The van der Waals surface area contributed by atoms with Crippen LogP contribution in [0.1, 0.15) is 38.3 Å². The molecule has 0 fully saturated rings. The van der Waals surface area contributed by atoms with Crippen LogP contribution in [0, 0.1) is 5.92 Å². The number of fused-ring (bicyclic) bond motifs is 1. The third-order valence-electron chi connectivity index (χ3n) is 4.11. The highest BCUT2D eigenvalue weighted by Crippen LogP contribution is 2.32.